The second kappa shape index (κ2) is 6.12. The van der Waals surface area contributed by atoms with E-state index in [9.17, 15) is 13.6 Å². The number of ketones is 1. The Morgan fingerprint density at radius 3 is 2.75 bits per heavy atom. The van der Waals surface area contributed by atoms with Gasteiger partial charge >= 0.3 is 0 Å². The number of ether oxygens (including phenoxy) is 1. The predicted octanol–water partition coefficient (Wildman–Crippen LogP) is 2.74. The molecule has 0 aliphatic rings. The van der Waals surface area contributed by atoms with Crippen LogP contribution in [0.15, 0.2) is 30.4 Å². The quantitative estimate of drug-likeness (QED) is 0.438. The molecule has 1 aromatic rings. The summed E-state index contributed by atoms with van der Waals surface area (Å²) in [5.41, 5.74) is 0.111. The fourth-order valence-electron chi connectivity index (χ4n) is 1.07. The highest BCUT2D eigenvalue weighted by molar-refractivity contribution is 5.97. The molecule has 0 atom stereocenters. The van der Waals surface area contributed by atoms with E-state index in [1.807, 2.05) is 6.92 Å². The van der Waals surface area contributed by atoms with Crippen molar-refractivity contribution < 1.29 is 18.3 Å². The van der Waals surface area contributed by atoms with Crippen LogP contribution in [0.4, 0.5) is 8.78 Å². The summed E-state index contributed by atoms with van der Waals surface area (Å²) in [6, 6.07) is 3.03. The van der Waals surface area contributed by atoms with Crippen LogP contribution >= 0.6 is 0 Å². The average Bonchev–Trinajstić information content (AvgIpc) is 2.28. The first kappa shape index (κ1) is 12.5. The van der Waals surface area contributed by atoms with Crippen molar-refractivity contribution in [3.63, 3.8) is 0 Å². The molecule has 2 nitrogen and oxygen atoms in total. The summed E-state index contributed by atoms with van der Waals surface area (Å²) in [6.07, 6.45) is 3.54. The van der Waals surface area contributed by atoms with Crippen molar-refractivity contribution in [2.75, 3.05) is 13.2 Å². The fourth-order valence-corrected chi connectivity index (χ4v) is 1.07. The van der Waals surface area contributed by atoms with Crippen LogP contribution in [0, 0.1) is 11.6 Å². The third-order valence-corrected chi connectivity index (χ3v) is 1.92. The molecule has 1 aromatic carbocycles. The highest BCUT2D eigenvalue weighted by Crippen LogP contribution is 2.09. The topological polar surface area (TPSA) is 26.3 Å². The monoisotopic (exact) mass is 226 g/mol. The van der Waals surface area contributed by atoms with Crippen molar-refractivity contribution in [1.29, 1.82) is 0 Å². The Labute approximate surface area is 92.5 Å². The second-order valence-electron chi connectivity index (χ2n) is 3.14. The minimum absolute atomic E-state index is 0.111. The summed E-state index contributed by atoms with van der Waals surface area (Å²) in [5.74, 6) is -2.37. The first-order chi connectivity index (χ1) is 7.65. The molecule has 1 rings (SSSR count). The third kappa shape index (κ3) is 3.55. The Hall–Kier alpha value is -1.55. The van der Waals surface area contributed by atoms with Crippen molar-refractivity contribution in [1.82, 2.24) is 0 Å². The Bertz CT molecular complexity index is 400. The van der Waals surface area contributed by atoms with Gasteiger partial charge in [-0.15, -0.1) is 0 Å². The summed E-state index contributed by atoms with van der Waals surface area (Å²) in [7, 11) is 0. The Kier molecular flexibility index (Phi) is 4.79. The molecule has 16 heavy (non-hydrogen) atoms. The number of halogens is 2. The predicted molar refractivity (Wildman–Crippen MR) is 56.3 cm³/mol. The third-order valence-electron chi connectivity index (χ3n) is 1.92. The number of Topliss-reactive ketones (excluding diaryl/α,β-unsaturated/α-hetero) is 1. The van der Waals surface area contributed by atoms with Crippen LogP contribution in [0.1, 0.15) is 17.3 Å². The number of rotatable bonds is 5. The van der Waals surface area contributed by atoms with Gasteiger partial charge in [0.15, 0.2) is 17.4 Å². The van der Waals surface area contributed by atoms with Crippen molar-refractivity contribution in [2.45, 2.75) is 6.92 Å². The van der Waals surface area contributed by atoms with E-state index in [4.69, 9.17) is 4.74 Å². The molecule has 0 bridgehead atoms. The molecular weight excluding hydrogens is 214 g/mol. The van der Waals surface area contributed by atoms with Gasteiger partial charge in [0.25, 0.3) is 0 Å². The number of benzene rings is 1. The number of allylic oxidation sites excluding steroid dienone is 1. The molecule has 0 N–H and O–H groups in total. The van der Waals surface area contributed by atoms with Crippen molar-refractivity contribution in [3.8, 4) is 0 Å². The zero-order chi connectivity index (χ0) is 12.0. The lowest BCUT2D eigenvalue weighted by Crippen LogP contribution is -2.09. The molecule has 4 heteroatoms. The van der Waals surface area contributed by atoms with Gasteiger partial charge in [-0.3, -0.25) is 4.79 Å². The van der Waals surface area contributed by atoms with Gasteiger partial charge < -0.3 is 4.74 Å². The maximum atomic E-state index is 12.8. The van der Waals surface area contributed by atoms with E-state index >= 15 is 0 Å². The zero-order valence-electron chi connectivity index (χ0n) is 8.87. The summed E-state index contributed by atoms with van der Waals surface area (Å²) in [4.78, 5) is 11.4. The molecule has 0 aliphatic heterocycles. The Balaban J connectivity index is 2.56. The standard InChI is InChI=1S/C12H12F2O2/c1-2-3-6-16-8-12(15)9-4-5-10(13)11(14)7-9/h2-5,7H,6,8H2,1H3. The van der Waals surface area contributed by atoms with E-state index in [2.05, 4.69) is 0 Å². The second-order valence-corrected chi connectivity index (χ2v) is 3.14. The molecule has 0 fully saturated rings. The molecule has 0 aromatic heterocycles. The molecular formula is C12H12F2O2. The van der Waals surface area contributed by atoms with Crippen LogP contribution in [-0.4, -0.2) is 19.0 Å². The number of hydrogen-bond donors (Lipinski definition) is 0. The van der Waals surface area contributed by atoms with Gasteiger partial charge in [-0.25, -0.2) is 8.78 Å². The maximum absolute atomic E-state index is 12.8. The molecule has 0 aliphatic carbocycles. The van der Waals surface area contributed by atoms with E-state index in [0.29, 0.717) is 6.61 Å². The van der Waals surface area contributed by atoms with E-state index < -0.39 is 11.6 Å². The van der Waals surface area contributed by atoms with E-state index in [0.717, 1.165) is 12.1 Å². The summed E-state index contributed by atoms with van der Waals surface area (Å²) in [5, 5.41) is 0. The molecule has 0 unspecified atom stereocenters. The SMILES string of the molecule is CC=CCOCC(=O)c1ccc(F)c(F)c1. The molecule has 0 heterocycles. The number of hydrogen-bond acceptors (Lipinski definition) is 2. The van der Waals surface area contributed by atoms with Crippen LogP contribution in [0.5, 0.6) is 0 Å². The lowest BCUT2D eigenvalue weighted by Gasteiger charge is -2.01. The first-order valence-corrected chi connectivity index (χ1v) is 4.82. The molecule has 0 spiro atoms. The van der Waals surface area contributed by atoms with Crippen LogP contribution in [-0.2, 0) is 4.74 Å². The minimum atomic E-state index is -1.03. The highest BCUT2D eigenvalue weighted by atomic mass is 19.2. The molecule has 86 valence electrons. The number of carbonyl (C=O) groups is 1. The number of carbonyl (C=O) groups excluding carboxylic acids is 1. The average molecular weight is 226 g/mol. The molecule has 0 radical (unpaired) electrons. The van der Waals surface area contributed by atoms with E-state index in [-0.39, 0.29) is 18.0 Å². The lowest BCUT2D eigenvalue weighted by molar-refractivity contribution is 0.0805. The van der Waals surface area contributed by atoms with Gasteiger partial charge in [0.2, 0.25) is 0 Å². The minimum Gasteiger partial charge on any atom is -0.369 e. The smallest absolute Gasteiger partial charge is 0.188 e. The molecule has 0 amide bonds. The summed E-state index contributed by atoms with van der Waals surface area (Å²) < 4.78 is 30.4. The summed E-state index contributed by atoms with van der Waals surface area (Å²) >= 11 is 0. The maximum Gasteiger partial charge on any atom is 0.188 e. The van der Waals surface area contributed by atoms with Crippen LogP contribution in [0.25, 0.3) is 0 Å². The largest absolute Gasteiger partial charge is 0.369 e. The van der Waals surface area contributed by atoms with Gasteiger partial charge in [-0.2, -0.15) is 0 Å². The first-order valence-electron chi connectivity index (χ1n) is 4.82. The van der Waals surface area contributed by atoms with Crippen LogP contribution in [0.2, 0.25) is 0 Å². The zero-order valence-corrected chi connectivity index (χ0v) is 8.87. The van der Waals surface area contributed by atoms with Gasteiger partial charge in [0, 0.05) is 5.56 Å². The Morgan fingerprint density at radius 1 is 1.38 bits per heavy atom. The van der Waals surface area contributed by atoms with Gasteiger partial charge in [0.1, 0.15) is 6.61 Å². The molecule has 0 saturated carbocycles. The van der Waals surface area contributed by atoms with Crippen molar-refractivity contribution >= 4 is 5.78 Å². The fraction of sp³-hybridized carbons (Fsp3) is 0.250. The van der Waals surface area contributed by atoms with E-state index in [1.54, 1.807) is 12.2 Å². The van der Waals surface area contributed by atoms with Gasteiger partial charge in [-0.05, 0) is 25.1 Å². The van der Waals surface area contributed by atoms with Gasteiger partial charge in [-0.1, -0.05) is 12.2 Å². The normalized spacial score (nSPS) is 10.9. The highest BCUT2D eigenvalue weighted by Gasteiger charge is 2.09. The Morgan fingerprint density at radius 2 is 2.12 bits per heavy atom. The lowest BCUT2D eigenvalue weighted by atomic mass is 10.1. The van der Waals surface area contributed by atoms with Gasteiger partial charge in [0.05, 0.1) is 6.61 Å². The molecule has 0 saturated heterocycles. The van der Waals surface area contributed by atoms with Crippen LogP contribution < -0.4 is 0 Å². The van der Waals surface area contributed by atoms with Crippen molar-refractivity contribution in [3.05, 3.63) is 47.5 Å². The van der Waals surface area contributed by atoms with E-state index in [1.165, 1.54) is 6.07 Å². The van der Waals surface area contributed by atoms with Crippen molar-refractivity contribution in [2.24, 2.45) is 0 Å². The summed E-state index contributed by atoms with van der Waals surface area (Å²) in [6.45, 7) is 2.02. The van der Waals surface area contributed by atoms with Crippen LogP contribution in [0.3, 0.4) is 0 Å².